The zero-order valence-electron chi connectivity index (χ0n) is 8.38. The molecule has 82 valence electrons. The van der Waals surface area contributed by atoms with Crippen molar-refractivity contribution >= 4 is 17.7 Å². The fraction of sp³-hybridized carbons (Fsp3) is 0.100. The third kappa shape index (κ3) is 2.22. The van der Waals surface area contributed by atoms with Crippen LogP contribution in [0.25, 0.3) is 0 Å². The van der Waals surface area contributed by atoms with E-state index in [4.69, 9.17) is 9.52 Å². The highest BCUT2D eigenvalue weighted by atomic mass is 32.2. The van der Waals surface area contributed by atoms with Crippen molar-refractivity contribution in [2.75, 3.05) is 0 Å². The zero-order valence-corrected chi connectivity index (χ0v) is 9.19. The van der Waals surface area contributed by atoms with Crippen molar-refractivity contribution in [3.8, 4) is 0 Å². The number of carboxylic acids is 1. The Morgan fingerprint density at radius 3 is 2.88 bits per heavy atom. The third-order valence-corrected chi connectivity index (χ3v) is 2.70. The van der Waals surface area contributed by atoms with Crippen LogP contribution in [0.1, 0.15) is 16.1 Å². The fourth-order valence-corrected chi connectivity index (χ4v) is 1.89. The van der Waals surface area contributed by atoms with Crippen molar-refractivity contribution in [3.05, 3.63) is 35.9 Å². The van der Waals surface area contributed by atoms with E-state index in [0.717, 1.165) is 0 Å². The Morgan fingerprint density at radius 1 is 1.50 bits per heavy atom. The van der Waals surface area contributed by atoms with E-state index in [1.165, 1.54) is 24.1 Å². The summed E-state index contributed by atoms with van der Waals surface area (Å²) in [6.07, 6.45) is 3.02. The Morgan fingerprint density at radius 2 is 2.31 bits per heavy atom. The lowest BCUT2D eigenvalue weighted by atomic mass is 10.2. The lowest BCUT2D eigenvalue weighted by Gasteiger charge is -2.01. The van der Waals surface area contributed by atoms with Gasteiger partial charge >= 0.3 is 5.97 Å². The average molecular weight is 236 g/mol. The van der Waals surface area contributed by atoms with Crippen LogP contribution in [-0.4, -0.2) is 21.0 Å². The molecule has 0 aromatic carbocycles. The fourth-order valence-electron chi connectivity index (χ4n) is 1.17. The van der Waals surface area contributed by atoms with Crippen LogP contribution >= 0.6 is 11.8 Å². The van der Waals surface area contributed by atoms with Crippen LogP contribution in [0.2, 0.25) is 0 Å². The summed E-state index contributed by atoms with van der Waals surface area (Å²) >= 11 is 1.25. The number of rotatable bonds is 3. The number of aromatic carboxylic acids is 1. The van der Waals surface area contributed by atoms with Gasteiger partial charge in [0.05, 0.1) is 17.5 Å². The molecule has 0 unspecified atom stereocenters. The molecule has 2 aromatic heterocycles. The lowest BCUT2D eigenvalue weighted by molar-refractivity contribution is 0.0695. The van der Waals surface area contributed by atoms with Crippen LogP contribution < -0.4 is 0 Å². The van der Waals surface area contributed by atoms with E-state index in [-0.39, 0.29) is 5.56 Å². The molecule has 0 atom stereocenters. The molecule has 16 heavy (non-hydrogen) atoms. The van der Waals surface area contributed by atoms with E-state index in [9.17, 15) is 4.79 Å². The molecule has 6 heteroatoms. The van der Waals surface area contributed by atoms with Gasteiger partial charge in [0.2, 0.25) is 0 Å². The summed E-state index contributed by atoms with van der Waals surface area (Å²) in [5.74, 6) is -0.974. The van der Waals surface area contributed by atoms with E-state index in [2.05, 4.69) is 9.97 Å². The Bertz CT molecular complexity index is 511. The Balaban J connectivity index is 2.24. The Hall–Kier alpha value is -1.82. The first-order valence-corrected chi connectivity index (χ1v) is 5.27. The molecule has 5 nitrogen and oxygen atoms in total. The molecule has 2 heterocycles. The van der Waals surface area contributed by atoms with E-state index < -0.39 is 5.97 Å². The second-order valence-corrected chi connectivity index (χ2v) is 3.96. The Labute approximate surface area is 95.5 Å². The summed E-state index contributed by atoms with van der Waals surface area (Å²) in [6, 6.07) is 3.15. The molecule has 0 fully saturated rings. The maximum absolute atomic E-state index is 10.8. The van der Waals surface area contributed by atoms with Gasteiger partial charge in [-0.05, 0) is 30.8 Å². The lowest BCUT2D eigenvalue weighted by Crippen LogP contribution is -2.01. The van der Waals surface area contributed by atoms with Gasteiger partial charge in [-0.25, -0.2) is 14.8 Å². The van der Waals surface area contributed by atoms with Crippen molar-refractivity contribution in [2.45, 2.75) is 17.2 Å². The largest absolute Gasteiger partial charge is 0.478 e. The number of oxazole rings is 1. The number of nitrogens with zero attached hydrogens (tertiary/aromatic N) is 2. The summed E-state index contributed by atoms with van der Waals surface area (Å²) in [5.41, 5.74) is 0.681. The minimum absolute atomic E-state index is 0.205. The maximum atomic E-state index is 10.8. The van der Waals surface area contributed by atoms with Crippen molar-refractivity contribution < 1.29 is 14.3 Å². The Kier molecular flexibility index (Phi) is 2.91. The van der Waals surface area contributed by atoms with Gasteiger partial charge in [-0.15, -0.1) is 0 Å². The SMILES string of the molecule is Cc1nc(Sc2ncco2)ccc1C(=O)O. The van der Waals surface area contributed by atoms with Crippen LogP contribution in [0.15, 0.2) is 39.3 Å². The number of pyridine rings is 1. The smallest absolute Gasteiger partial charge is 0.337 e. The van der Waals surface area contributed by atoms with Crippen LogP contribution in [0.4, 0.5) is 0 Å². The molecule has 0 saturated carbocycles. The van der Waals surface area contributed by atoms with Crippen molar-refractivity contribution in [3.63, 3.8) is 0 Å². The molecule has 0 amide bonds. The number of hydrogen-bond acceptors (Lipinski definition) is 5. The first-order valence-electron chi connectivity index (χ1n) is 4.45. The van der Waals surface area contributed by atoms with E-state index >= 15 is 0 Å². The van der Waals surface area contributed by atoms with Crippen LogP contribution in [0, 0.1) is 6.92 Å². The third-order valence-electron chi connectivity index (χ3n) is 1.89. The molecular weight excluding hydrogens is 228 g/mol. The molecule has 0 aliphatic rings. The van der Waals surface area contributed by atoms with Gasteiger partial charge in [-0.1, -0.05) is 0 Å². The predicted octanol–water partition coefficient (Wildman–Crippen LogP) is 2.23. The summed E-state index contributed by atoms with van der Waals surface area (Å²) in [6.45, 7) is 1.66. The van der Waals surface area contributed by atoms with Crippen LogP contribution in [-0.2, 0) is 0 Å². The zero-order chi connectivity index (χ0) is 11.5. The molecule has 1 N–H and O–H groups in total. The van der Waals surface area contributed by atoms with Crippen molar-refractivity contribution in [2.24, 2.45) is 0 Å². The highest BCUT2D eigenvalue weighted by Gasteiger charge is 2.10. The highest BCUT2D eigenvalue weighted by molar-refractivity contribution is 7.99. The van der Waals surface area contributed by atoms with Gasteiger partial charge in [-0.2, -0.15) is 0 Å². The summed E-state index contributed by atoms with van der Waals surface area (Å²) < 4.78 is 5.05. The van der Waals surface area contributed by atoms with Crippen molar-refractivity contribution in [1.29, 1.82) is 0 Å². The van der Waals surface area contributed by atoms with Crippen LogP contribution in [0.5, 0.6) is 0 Å². The molecule has 0 aliphatic carbocycles. The van der Waals surface area contributed by atoms with Gasteiger partial charge < -0.3 is 9.52 Å². The van der Waals surface area contributed by atoms with Gasteiger partial charge in [0.1, 0.15) is 11.3 Å². The quantitative estimate of drug-likeness (QED) is 0.880. The van der Waals surface area contributed by atoms with Gasteiger partial charge in [0.25, 0.3) is 5.22 Å². The molecule has 0 aliphatic heterocycles. The summed E-state index contributed by atoms with van der Waals surface area (Å²) in [7, 11) is 0. The topological polar surface area (TPSA) is 76.2 Å². The number of hydrogen-bond donors (Lipinski definition) is 1. The monoisotopic (exact) mass is 236 g/mol. The predicted molar refractivity (Wildman–Crippen MR) is 56.6 cm³/mol. The molecule has 0 spiro atoms. The summed E-state index contributed by atoms with van der Waals surface area (Å²) in [4.78, 5) is 18.9. The van der Waals surface area contributed by atoms with E-state index in [0.29, 0.717) is 15.9 Å². The van der Waals surface area contributed by atoms with Gasteiger partial charge in [0, 0.05) is 0 Å². The molecule has 0 radical (unpaired) electrons. The molecule has 0 saturated heterocycles. The summed E-state index contributed by atoms with van der Waals surface area (Å²) in [5, 5.41) is 9.97. The minimum atomic E-state index is -0.974. The van der Waals surface area contributed by atoms with Gasteiger partial charge in [-0.3, -0.25) is 0 Å². The van der Waals surface area contributed by atoms with E-state index in [1.54, 1.807) is 19.2 Å². The number of aryl methyl sites for hydroxylation is 1. The normalized spacial score (nSPS) is 10.3. The second kappa shape index (κ2) is 4.36. The number of carbonyl (C=O) groups is 1. The first kappa shape index (κ1) is 10.7. The molecule has 0 bridgehead atoms. The number of carboxylic acid groups (broad SMARTS) is 1. The first-order chi connectivity index (χ1) is 7.66. The minimum Gasteiger partial charge on any atom is -0.478 e. The average Bonchev–Trinajstić information content (AvgIpc) is 2.70. The molecule has 2 aromatic rings. The molecule has 2 rings (SSSR count). The second-order valence-electron chi connectivity index (χ2n) is 2.99. The number of aromatic nitrogens is 2. The standard InChI is InChI=1S/C10H8N2O3S/c1-6-7(9(13)14)2-3-8(12-6)16-10-11-4-5-15-10/h2-5H,1H3,(H,13,14). The van der Waals surface area contributed by atoms with E-state index in [1.807, 2.05) is 0 Å². The molecular formula is C10H8N2O3S. The maximum Gasteiger partial charge on any atom is 0.337 e. The van der Waals surface area contributed by atoms with Crippen molar-refractivity contribution in [1.82, 2.24) is 9.97 Å². The van der Waals surface area contributed by atoms with Crippen LogP contribution in [0.3, 0.4) is 0 Å². The highest BCUT2D eigenvalue weighted by Crippen LogP contribution is 2.24. The van der Waals surface area contributed by atoms with Gasteiger partial charge in [0.15, 0.2) is 0 Å².